The average molecular weight is 517 g/mol. The first-order valence-electron chi connectivity index (χ1n) is 13.6. The summed E-state index contributed by atoms with van der Waals surface area (Å²) in [4.78, 5) is 28.9. The Hall–Kier alpha value is -3.67. The van der Waals surface area contributed by atoms with E-state index in [4.69, 9.17) is 4.74 Å². The van der Waals surface area contributed by atoms with Crippen LogP contribution in [-0.4, -0.2) is 35.4 Å². The van der Waals surface area contributed by atoms with Crippen molar-refractivity contribution in [1.82, 2.24) is 10.2 Å². The number of carbonyl (C=O) groups is 2. The van der Waals surface area contributed by atoms with Crippen molar-refractivity contribution in [2.24, 2.45) is 0 Å². The van der Waals surface area contributed by atoms with E-state index in [0.29, 0.717) is 17.7 Å². The SMILES string of the molecule is CCc1ccc(OCC(=O)N(Cc2ccccc2F)C(Cc2ccccc2)C(=O)NC2CCCCC2)cc1. The van der Waals surface area contributed by atoms with Crippen LogP contribution in [0.3, 0.4) is 0 Å². The van der Waals surface area contributed by atoms with Gasteiger partial charge in [0.25, 0.3) is 5.91 Å². The lowest BCUT2D eigenvalue weighted by molar-refractivity contribution is -0.143. The van der Waals surface area contributed by atoms with E-state index in [1.54, 1.807) is 18.2 Å². The molecule has 3 aromatic rings. The van der Waals surface area contributed by atoms with Gasteiger partial charge in [0.1, 0.15) is 17.6 Å². The molecule has 0 radical (unpaired) electrons. The van der Waals surface area contributed by atoms with Crippen molar-refractivity contribution in [2.45, 2.75) is 70.5 Å². The number of benzene rings is 3. The van der Waals surface area contributed by atoms with Crippen molar-refractivity contribution in [3.8, 4) is 5.75 Å². The molecule has 0 aromatic heterocycles. The van der Waals surface area contributed by atoms with Crippen molar-refractivity contribution in [1.29, 1.82) is 0 Å². The minimum absolute atomic E-state index is 0.0285. The second-order valence-electron chi connectivity index (χ2n) is 9.95. The maximum Gasteiger partial charge on any atom is 0.261 e. The number of rotatable bonds is 11. The van der Waals surface area contributed by atoms with Gasteiger partial charge in [0.2, 0.25) is 5.91 Å². The third-order valence-electron chi connectivity index (χ3n) is 7.22. The number of aryl methyl sites for hydroxylation is 1. The standard InChI is InChI=1S/C32H37FN2O3/c1-2-24-17-19-28(20-18-24)38-23-31(36)35(22-26-13-9-10-16-29(26)33)30(21-25-11-5-3-6-12-25)32(37)34-27-14-7-4-8-15-27/h3,5-6,9-13,16-20,27,30H,2,4,7-8,14-15,21-23H2,1H3,(H,34,37). The van der Waals surface area contributed by atoms with Gasteiger partial charge in [-0.3, -0.25) is 9.59 Å². The topological polar surface area (TPSA) is 58.6 Å². The minimum Gasteiger partial charge on any atom is -0.484 e. The van der Waals surface area contributed by atoms with Crippen LogP contribution >= 0.6 is 0 Å². The van der Waals surface area contributed by atoms with E-state index in [2.05, 4.69) is 12.2 Å². The molecule has 5 nitrogen and oxygen atoms in total. The van der Waals surface area contributed by atoms with Crippen LogP contribution in [0.15, 0.2) is 78.9 Å². The van der Waals surface area contributed by atoms with E-state index in [1.165, 1.54) is 23.0 Å². The molecular weight excluding hydrogens is 479 g/mol. The number of nitrogens with zero attached hydrogens (tertiary/aromatic N) is 1. The molecule has 4 rings (SSSR count). The Morgan fingerprint density at radius 1 is 0.921 bits per heavy atom. The molecule has 1 atom stereocenters. The zero-order valence-corrected chi connectivity index (χ0v) is 22.1. The van der Waals surface area contributed by atoms with Crippen LogP contribution in [0, 0.1) is 5.82 Å². The summed E-state index contributed by atoms with van der Waals surface area (Å²) in [5.74, 6) is -0.412. The first-order valence-corrected chi connectivity index (χ1v) is 13.6. The number of nitrogens with one attached hydrogen (secondary N) is 1. The zero-order valence-electron chi connectivity index (χ0n) is 22.1. The fraction of sp³-hybridized carbons (Fsp3) is 0.375. The van der Waals surface area contributed by atoms with Crippen LogP contribution in [0.4, 0.5) is 4.39 Å². The molecular formula is C32H37FN2O3. The van der Waals surface area contributed by atoms with Gasteiger partial charge in [0.05, 0.1) is 0 Å². The van der Waals surface area contributed by atoms with Crippen LogP contribution in [0.5, 0.6) is 5.75 Å². The normalized spacial score (nSPS) is 14.5. The van der Waals surface area contributed by atoms with Gasteiger partial charge in [-0.25, -0.2) is 4.39 Å². The molecule has 0 aliphatic heterocycles. The van der Waals surface area contributed by atoms with E-state index in [0.717, 1.165) is 37.7 Å². The molecule has 6 heteroatoms. The first-order chi connectivity index (χ1) is 18.5. The number of hydrogen-bond donors (Lipinski definition) is 1. The molecule has 0 saturated heterocycles. The van der Waals surface area contributed by atoms with E-state index in [9.17, 15) is 14.0 Å². The molecule has 2 amide bonds. The summed E-state index contributed by atoms with van der Waals surface area (Å²) in [5.41, 5.74) is 2.46. The number of carbonyl (C=O) groups excluding carboxylic acids is 2. The van der Waals surface area contributed by atoms with E-state index >= 15 is 0 Å². The Balaban J connectivity index is 1.60. The number of halogens is 1. The minimum atomic E-state index is -0.808. The van der Waals surface area contributed by atoms with Gasteiger partial charge in [0.15, 0.2) is 6.61 Å². The number of ether oxygens (including phenoxy) is 1. The van der Waals surface area contributed by atoms with Crippen molar-refractivity contribution in [2.75, 3.05) is 6.61 Å². The zero-order chi connectivity index (χ0) is 26.7. The Bertz CT molecular complexity index is 1180. The fourth-order valence-corrected chi connectivity index (χ4v) is 4.96. The van der Waals surface area contributed by atoms with Gasteiger partial charge in [-0.1, -0.05) is 86.8 Å². The summed E-state index contributed by atoms with van der Waals surface area (Å²) in [6, 6.07) is 22.9. The molecule has 3 aromatic carbocycles. The largest absolute Gasteiger partial charge is 0.484 e. The predicted molar refractivity (Wildman–Crippen MR) is 147 cm³/mol. The fourth-order valence-electron chi connectivity index (χ4n) is 4.96. The highest BCUT2D eigenvalue weighted by molar-refractivity contribution is 5.88. The highest BCUT2D eigenvalue weighted by atomic mass is 19.1. The molecule has 1 fully saturated rings. The lowest BCUT2D eigenvalue weighted by Gasteiger charge is -2.33. The molecule has 1 aliphatic rings. The van der Waals surface area contributed by atoms with Gasteiger partial charge in [-0.15, -0.1) is 0 Å². The van der Waals surface area contributed by atoms with Crippen LogP contribution in [0.1, 0.15) is 55.7 Å². The van der Waals surface area contributed by atoms with Crippen molar-refractivity contribution in [3.05, 3.63) is 101 Å². The van der Waals surface area contributed by atoms with Crippen LogP contribution in [0.2, 0.25) is 0 Å². The number of hydrogen-bond acceptors (Lipinski definition) is 3. The highest BCUT2D eigenvalue weighted by Gasteiger charge is 2.32. The van der Waals surface area contributed by atoms with Crippen LogP contribution in [0.25, 0.3) is 0 Å². The third kappa shape index (κ3) is 7.67. The molecule has 1 unspecified atom stereocenters. The molecule has 1 saturated carbocycles. The van der Waals surface area contributed by atoms with E-state index in [1.807, 2.05) is 54.6 Å². The maximum atomic E-state index is 14.7. The summed E-state index contributed by atoms with van der Waals surface area (Å²) >= 11 is 0. The average Bonchev–Trinajstić information content (AvgIpc) is 2.96. The summed E-state index contributed by atoms with van der Waals surface area (Å²) in [5, 5.41) is 3.19. The molecule has 200 valence electrons. The smallest absolute Gasteiger partial charge is 0.261 e. The van der Waals surface area contributed by atoms with Gasteiger partial charge in [0, 0.05) is 24.6 Å². The second kappa shape index (κ2) is 13.8. The Kier molecular flexibility index (Phi) is 9.90. The van der Waals surface area contributed by atoms with Gasteiger partial charge in [-0.05, 0) is 48.6 Å². The molecule has 1 N–H and O–H groups in total. The third-order valence-corrected chi connectivity index (χ3v) is 7.22. The van der Waals surface area contributed by atoms with Crippen molar-refractivity contribution < 1.29 is 18.7 Å². The lowest BCUT2D eigenvalue weighted by Crippen LogP contribution is -2.53. The second-order valence-corrected chi connectivity index (χ2v) is 9.95. The molecule has 1 aliphatic carbocycles. The molecule has 0 bridgehead atoms. The Morgan fingerprint density at radius 3 is 2.29 bits per heavy atom. The summed E-state index contributed by atoms with van der Waals surface area (Å²) in [6.45, 7) is 1.80. The molecule has 38 heavy (non-hydrogen) atoms. The Labute approximate surface area is 225 Å². The van der Waals surface area contributed by atoms with Crippen LogP contribution in [-0.2, 0) is 29.0 Å². The summed E-state index contributed by atoms with van der Waals surface area (Å²) < 4.78 is 20.6. The van der Waals surface area contributed by atoms with Crippen molar-refractivity contribution in [3.63, 3.8) is 0 Å². The quantitative estimate of drug-likeness (QED) is 0.348. The van der Waals surface area contributed by atoms with Gasteiger partial charge in [-0.2, -0.15) is 0 Å². The van der Waals surface area contributed by atoms with E-state index in [-0.39, 0.29) is 31.0 Å². The van der Waals surface area contributed by atoms with Gasteiger partial charge >= 0.3 is 0 Å². The van der Waals surface area contributed by atoms with Gasteiger partial charge < -0.3 is 15.0 Å². The highest BCUT2D eigenvalue weighted by Crippen LogP contribution is 2.21. The number of amides is 2. The van der Waals surface area contributed by atoms with E-state index < -0.39 is 11.9 Å². The molecule has 0 spiro atoms. The predicted octanol–water partition coefficient (Wildman–Crippen LogP) is 5.86. The summed E-state index contributed by atoms with van der Waals surface area (Å²) in [6.07, 6.45) is 6.43. The van der Waals surface area contributed by atoms with Crippen LogP contribution < -0.4 is 10.1 Å². The Morgan fingerprint density at radius 2 is 1.61 bits per heavy atom. The maximum absolute atomic E-state index is 14.7. The molecule has 0 heterocycles. The summed E-state index contributed by atoms with van der Waals surface area (Å²) in [7, 11) is 0. The lowest BCUT2D eigenvalue weighted by atomic mass is 9.94. The monoisotopic (exact) mass is 516 g/mol. The van der Waals surface area contributed by atoms with Crippen molar-refractivity contribution >= 4 is 11.8 Å². The first kappa shape index (κ1) is 27.4.